The van der Waals surface area contributed by atoms with Crippen molar-refractivity contribution in [3.63, 3.8) is 0 Å². The number of methoxy groups -OCH3 is 1. The van der Waals surface area contributed by atoms with Crippen LogP contribution in [0.2, 0.25) is 0 Å². The molecule has 22 aliphatic carbocycles. The Balaban J connectivity index is 0.0000000944. The van der Waals surface area contributed by atoms with Crippen molar-refractivity contribution >= 4 is 41.8 Å². The fourth-order valence-electron chi connectivity index (χ4n) is 35.4. The molecule has 0 aromatic carbocycles. The Morgan fingerprint density at radius 3 is 0.950 bits per heavy atom. The lowest BCUT2D eigenvalue weighted by Crippen LogP contribution is -2.49. The Hall–Kier alpha value is -6.91. The number of rotatable bonds is 22. The molecule has 0 amide bonds. The Bertz CT molecular complexity index is 4880. The van der Waals surface area contributed by atoms with E-state index in [0.717, 1.165) is 328 Å². The molecular formula is C120H162O21. The summed E-state index contributed by atoms with van der Waals surface area (Å²) in [5.74, 6) is 15.4. The molecule has 768 valence electrons. The van der Waals surface area contributed by atoms with Crippen LogP contribution in [-0.2, 0) is 102 Å². The number of carbonyl (C=O) groups is 7. The molecule has 21 nitrogen and oxygen atoms in total. The lowest BCUT2D eigenvalue weighted by molar-refractivity contribution is -0.189. The number of allylic oxidation sites excluding steroid dienone is 12. The maximum Gasteiger partial charge on any atom is 0.310 e. The zero-order valence-electron chi connectivity index (χ0n) is 84.4. The fourth-order valence-corrected chi connectivity index (χ4v) is 35.4. The summed E-state index contributed by atoms with van der Waals surface area (Å²) in [4.78, 5) is 88.7. The molecule has 21 heteroatoms. The first-order valence-corrected chi connectivity index (χ1v) is 57.5. The highest BCUT2D eigenvalue weighted by molar-refractivity contribution is 5.78. The van der Waals surface area contributed by atoms with Gasteiger partial charge in [0.25, 0.3) is 0 Å². The van der Waals surface area contributed by atoms with Gasteiger partial charge in [0.2, 0.25) is 0 Å². The van der Waals surface area contributed by atoms with Gasteiger partial charge < -0.3 is 65.7 Å². The first-order valence-electron chi connectivity index (χ1n) is 57.5. The Morgan fingerprint density at radius 1 is 0.305 bits per heavy atom. The van der Waals surface area contributed by atoms with E-state index in [4.69, 9.17) is 65.7 Å². The van der Waals surface area contributed by atoms with E-state index < -0.39 is 16.8 Å². The molecule has 20 fully saturated rings. The molecule has 0 radical (unpaired) electrons. The van der Waals surface area contributed by atoms with Crippen molar-refractivity contribution < 1.29 is 99.2 Å². The van der Waals surface area contributed by atoms with Gasteiger partial charge in [0.05, 0.1) is 91.3 Å². The molecule has 6 heterocycles. The maximum atomic E-state index is 13.4. The number of furan rings is 2. The third-order valence-corrected chi connectivity index (χ3v) is 41.8. The average Bonchev–Trinajstić information content (AvgIpc) is 1.55. The Labute approximate surface area is 836 Å². The van der Waals surface area contributed by atoms with Crippen LogP contribution in [0, 0.1) is 154 Å². The van der Waals surface area contributed by atoms with Crippen LogP contribution in [-0.4, -0.2) is 134 Å². The van der Waals surface area contributed by atoms with Gasteiger partial charge in [-0.3, -0.25) is 33.6 Å². The van der Waals surface area contributed by atoms with Gasteiger partial charge in [-0.15, -0.1) is 0 Å². The van der Waals surface area contributed by atoms with Crippen LogP contribution in [0.3, 0.4) is 0 Å². The Kier molecular flexibility index (Phi) is 28.6. The number of ether oxygens (including phenoxy) is 12. The maximum absolute atomic E-state index is 13.4. The second-order valence-electron chi connectivity index (χ2n) is 49.7. The lowest BCUT2D eigenvalue weighted by atomic mass is 9.69. The van der Waals surface area contributed by atoms with E-state index in [9.17, 15) is 33.6 Å². The first-order chi connectivity index (χ1) is 68.8. The molecule has 16 saturated carbocycles. The van der Waals surface area contributed by atoms with Crippen molar-refractivity contribution in [1.29, 1.82) is 0 Å². The molecule has 16 bridgehead atoms. The smallest absolute Gasteiger partial charge is 0.310 e. The number of carbonyl (C=O) groups excluding carboxylic acids is 7. The van der Waals surface area contributed by atoms with Gasteiger partial charge in [0.15, 0.2) is 11.2 Å². The van der Waals surface area contributed by atoms with Crippen molar-refractivity contribution in [3.8, 4) is 0 Å². The van der Waals surface area contributed by atoms with Crippen LogP contribution in [0.25, 0.3) is 0 Å². The van der Waals surface area contributed by atoms with Gasteiger partial charge in [0, 0.05) is 27.2 Å². The molecule has 2 aromatic heterocycles. The Morgan fingerprint density at radius 2 is 0.624 bits per heavy atom. The largest absolute Gasteiger partial charge is 0.465 e. The predicted molar refractivity (Wildman–Crippen MR) is 525 cm³/mol. The molecule has 32 unspecified atom stereocenters. The van der Waals surface area contributed by atoms with E-state index in [2.05, 4.69) is 72.9 Å². The minimum atomic E-state index is -0.510. The van der Waals surface area contributed by atoms with Gasteiger partial charge >= 0.3 is 41.8 Å². The zero-order valence-corrected chi connectivity index (χ0v) is 84.4. The normalized spacial score (nSPS) is 41.7. The third-order valence-electron chi connectivity index (χ3n) is 41.8. The van der Waals surface area contributed by atoms with E-state index in [-0.39, 0.29) is 131 Å². The molecule has 32 atom stereocenters. The third kappa shape index (κ3) is 19.3. The predicted octanol–water partition coefficient (Wildman–Crippen LogP) is 23.4. The van der Waals surface area contributed by atoms with Crippen molar-refractivity contribution in [3.05, 3.63) is 121 Å². The van der Waals surface area contributed by atoms with E-state index >= 15 is 0 Å². The minimum Gasteiger partial charge on any atom is -0.465 e. The van der Waals surface area contributed by atoms with Crippen molar-refractivity contribution in [2.75, 3.05) is 33.5 Å². The molecule has 26 aliphatic rings. The van der Waals surface area contributed by atoms with Crippen molar-refractivity contribution in [2.24, 2.45) is 154 Å². The molecule has 141 heavy (non-hydrogen) atoms. The zero-order chi connectivity index (χ0) is 95.8. The van der Waals surface area contributed by atoms with Crippen LogP contribution in [0.15, 0.2) is 119 Å². The summed E-state index contributed by atoms with van der Waals surface area (Å²) in [6, 6.07) is 7.74. The van der Waals surface area contributed by atoms with Gasteiger partial charge in [-0.05, 0) is 438 Å². The minimum absolute atomic E-state index is 0.00912. The summed E-state index contributed by atoms with van der Waals surface area (Å²) in [6.07, 6.45) is 84.2. The van der Waals surface area contributed by atoms with E-state index in [1.807, 2.05) is 24.3 Å². The molecule has 4 saturated heterocycles. The highest BCUT2D eigenvalue weighted by Crippen LogP contribution is 2.70. The molecular weight excluding hydrogens is 1780 g/mol. The van der Waals surface area contributed by atoms with E-state index in [1.54, 1.807) is 19.6 Å². The van der Waals surface area contributed by atoms with Gasteiger partial charge in [-0.2, -0.15) is 0 Å². The second kappa shape index (κ2) is 41.3. The second-order valence-corrected chi connectivity index (χ2v) is 49.7. The molecule has 0 N–H and O–H groups in total. The molecule has 2 aromatic rings. The molecule has 4 aliphatic heterocycles. The fraction of sp³-hybridized carbons (Fsp3) is 0.775. The quantitative estimate of drug-likeness (QED) is 0.0459. The highest BCUT2D eigenvalue weighted by atomic mass is 16.6. The SMILES string of the molecule is CC(=O)OCC1CCC(C2(OC(=O)C3CC4C=CC3C4)CCCC2)O1.COCC1CCC(C2(OC(=O)C3CC4C=CC3C4)CCCC2)O1.O=C(OC1(C2CCCO2)CCCCC1)C1CC2C=CC1C2.O=C(OC1(C2CCCO2)CCCCC1)C1CC2CC1C1C3C=CC(C3)C21.O=C(OC1(c2ccco2)CCCC1)C1CC2CC1C1C3C=CC(C3)C21.O=C(OC1(c2ccco2)CCCCC1)C1CC2C=CC1C2. The molecule has 0 spiro atoms. The summed E-state index contributed by atoms with van der Waals surface area (Å²) in [7, 11) is 1.71. The molecule has 28 rings (SSSR count). The average molecular weight is 1940 g/mol. The summed E-state index contributed by atoms with van der Waals surface area (Å²) in [6.45, 7) is 4.03. The standard InChI is InChI=1S/C23H32O3.C22H26O3.C20H28O5.C19H28O4.C18H26O3.C18H22O3/c24-22(26-23(8-2-1-3-9-23)19-5-4-10-25-19)18-13-16-12-17(18)21-15-7-6-14(11-15)20(16)21;23-21(25-22(7-1-2-8-22)18-4-3-9-24-18)17-12-15-11-16(17)20-14-6-5-13(10-14)19(15)20;1-13(21)23-12-16-6-7-18(24-16)20(8-2-3-9-20)25-19(22)17-11-14-4-5-15(17)10-14;1-21-12-15-6-7-17(22-15)19(8-2-3-9-19)23-18(20)16-11-13-4-5-14(16)10-13;2*19-17(15-12-13-6-7-14(15)11-13)21-18(8-2-1-3-9-18)16-5-4-10-20-16/h6-7,14-21H,1-5,8-13H2;3-6,9,13-17,19-20H,1-2,7-8,10-12H2;4-5,14-18H,2-3,6-12H2,1H3;4-5,13-17H,2-3,6-12H2,1H3;6-7,13-16H,1-5,8-12H2;4-7,10,13-15H,1-3,8-9,11-12H2. The van der Waals surface area contributed by atoms with Crippen LogP contribution >= 0.6 is 0 Å². The summed E-state index contributed by atoms with van der Waals surface area (Å²) in [5, 5.41) is 0. The van der Waals surface area contributed by atoms with Gasteiger partial charge in [-0.25, -0.2) is 0 Å². The van der Waals surface area contributed by atoms with Gasteiger partial charge in [-0.1, -0.05) is 92.2 Å². The summed E-state index contributed by atoms with van der Waals surface area (Å²) < 4.78 is 83.3. The number of esters is 7. The van der Waals surface area contributed by atoms with Crippen LogP contribution in [0.1, 0.15) is 333 Å². The number of hydrogen-bond donors (Lipinski definition) is 0. The van der Waals surface area contributed by atoms with Crippen LogP contribution in [0.4, 0.5) is 0 Å². The monoisotopic (exact) mass is 1940 g/mol. The number of fused-ring (bicyclic) bond motifs is 26. The van der Waals surface area contributed by atoms with Crippen LogP contribution in [0.5, 0.6) is 0 Å². The summed E-state index contributed by atoms with van der Waals surface area (Å²) in [5.41, 5.74) is -2.45. The highest BCUT2D eigenvalue weighted by Gasteiger charge is 2.66. The first kappa shape index (κ1) is 97.5. The van der Waals surface area contributed by atoms with E-state index in [0.29, 0.717) is 72.4 Å². The topological polar surface area (TPSA) is 257 Å². The lowest BCUT2D eigenvalue weighted by Gasteiger charge is -2.43. The van der Waals surface area contributed by atoms with Gasteiger partial charge in [0.1, 0.15) is 40.5 Å². The number of hydrogen-bond acceptors (Lipinski definition) is 21. The van der Waals surface area contributed by atoms with Crippen molar-refractivity contribution in [2.45, 2.75) is 392 Å². The summed E-state index contributed by atoms with van der Waals surface area (Å²) >= 11 is 0. The van der Waals surface area contributed by atoms with Crippen molar-refractivity contribution in [1.82, 2.24) is 0 Å². The van der Waals surface area contributed by atoms with Crippen LogP contribution < -0.4 is 0 Å². The van der Waals surface area contributed by atoms with E-state index in [1.165, 1.54) is 77.6 Å².